The molecule has 0 aliphatic rings. The van der Waals surface area contributed by atoms with E-state index in [1.807, 2.05) is 36.4 Å². The molecule has 0 aliphatic carbocycles. The fraction of sp³-hybridized carbons (Fsp3) is 0.259. The molecule has 0 heterocycles. The van der Waals surface area contributed by atoms with E-state index in [4.69, 9.17) is 9.47 Å². The third-order valence-electron chi connectivity index (χ3n) is 5.17. The number of aliphatic carboxylic acids is 1. The van der Waals surface area contributed by atoms with Crippen LogP contribution in [0.3, 0.4) is 0 Å². The largest absolute Gasteiger partial charge is 0.481 e. The Bertz CT molecular complexity index is 1050. The molecule has 2 N–H and O–H groups in total. The van der Waals surface area contributed by atoms with E-state index in [9.17, 15) is 14.7 Å². The first-order chi connectivity index (χ1) is 16.0. The molecule has 1 amide bonds. The van der Waals surface area contributed by atoms with E-state index in [1.165, 1.54) is 0 Å². The van der Waals surface area contributed by atoms with Crippen molar-refractivity contribution in [2.45, 2.75) is 39.0 Å². The maximum absolute atomic E-state index is 12.5. The Hall–Kier alpha value is -3.64. The van der Waals surface area contributed by atoms with Gasteiger partial charge in [-0.3, -0.25) is 4.79 Å². The van der Waals surface area contributed by atoms with Crippen LogP contribution in [0.1, 0.15) is 25.0 Å². The van der Waals surface area contributed by atoms with Crippen molar-refractivity contribution in [1.29, 1.82) is 0 Å². The van der Waals surface area contributed by atoms with Crippen molar-refractivity contribution in [3.8, 4) is 16.9 Å². The Morgan fingerprint density at radius 2 is 1.61 bits per heavy atom. The van der Waals surface area contributed by atoms with Gasteiger partial charge in [-0.1, -0.05) is 60.7 Å². The summed E-state index contributed by atoms with van der Waals surface area (Å²) in [5.41, 5.74) is 4.05. The average molecular weight is 448 g/mol. The summed E-state index contributed by atoms with van der Waals surface area (Å²) in [6.07, 6.45) is -1.29. The molecule has 6 nitrogen and oxygen atoms in total. The van der Waals surface area contributed by atoms with Gasteiger partial charge in [0, 0.05) is 19.6 Å². The monoisotopic (exact) mass is 447 g/mol. The molecule has 0 fully saturated rings. The Morgan fingerprint density at radius 1 is 0.909 bits per heavy atom. The lowest BCUT2D eigenvalue weighted by Crippen LogP contribution is -2.35. The van der Waals surface area contributed by atoms with Gasteiger partial charge in [-0.05, 0) is 54.3 Å². The van der Waals surface area contributed by atoms with Crippen LogP contribution in [0.25, 0.3) is 11.1 Å². The van der Waals surface area contributed by atoms with E-state index in [2.05, 4.69) is 23.5 Å². The quantitative estimate of drug-likeness (QED) is 0.453. The van der Waals surface area contributed by atoms with Crippen molar-refractivity contribution in [3.63, 3.8) is 0 Å². The highest BCUT2D eigenvalue weighted by Gasteiger charge is 2.18. The third-order valence-corrected chi connectivity index (χ3v) is 5.17. The number of benzene rings is 3. The summed E-state index contributed by atoms with van der Waals surface area (Å²) in [6.45, 7) is 4.19. The summed E-state index contributed by atoms with van der Waals surface area (Å²) in [4.78, 5) is 23.8. The Kier molecular flexibility index (Phi) is 8.61. The smallest absolute Gasteiger partial charge is 0.333 e. The molecule has 3 aromatic carbocycles. The van der Waals surface area contributed by atoms with Gasteiger partial charge in [0.1, 0.15) is 5.75 Å². The molecule has 0 aliphatic heterocycles. The molecular weight excluding hydrogens is 418 g/mol. The summed E-state index contributed by atoms with van der Waals surface area (Å²) in [6, 6.07) is 25.2. The van der Waals surface area contributed by atoms with Gasteiger partial charge in [-0.25, -0.2) is 4.79 Å². The standard InChI is InChI=1S/C27H29NO5/c1-3-32-25(27(30)31)17-20-12-14-24(15-13-20)33-19(2)26(29)28-18-21-8-7-11-23(16-21)22-9-5-4-6-10-22/h4-16,19,25H,3,17-18H2,1-2H3,(H,28,29)(H,30,31)/t19-,25?/m0/s1. The zero-order chi connectivity index (χ0) is 23.6. The minimum atomic E-state index is -0.989. The van der Waals surface area contributed by atoms with E-state index in [0.717, 1.165) is 22.3 Å². The second-order valence-corrected chi connectivity index (χ2v) is 7.67. The van der Waals surface area contributed by atoms with Crippen molar-refractivity contribution in [1.82, 2.24) is 5.32 Å². The lowest BCUT2D eigenvalue weighted by molar-refractivity contribution is -0.150. The van der Waals surface area contributed by atoms with Crippen LogP contribution in [0.2, 0.25) is 0 Å². The molecule has 0 radical (unpaired) electrons. The Morgan fingerprint density at radius 3 is 2.27 bits per heavy atom. The normalized spacial score (nSPS) is 12.5. The predicted molar refractivity (Wildman–Crippen MR) is 127 cm³/mol. The van der Waals surface area contributed by atoms with Crippen molar-refractivity contribution in [2.75, 3.05) is 6.61 Å². The zero-order valence-electron chi connectivity index (χ0n) is 18.9. The summed E-state index contributed by atoms with van der Waals surface area (Å²) < 4.78 is 11.0. The highest BCUT2D eigenvalue weighted by molar-refractivity contribution is 5.80. The molecule has 3 aromatic rings. The minimum Gasteiger partial charge on any atom is -0.481 e. The van der Waals surface area contributed by atoms with Crippen LogP contribution >= 0.6 is 0 Å². The molecule has 0 spiro atoms. The first kappa shape index (κ1) is 24.0. The summed E-state index contributed by atoms with van der Waals surface area (Å²) in [7, 11) is 0. The number of carbonyl (C=O) groups excluding carboxylic acids is 1. The predicted octanol–water partition coefficient (Wildman–Crippen LogP) is 4.47. The second-order valence-electron chi connectivity index (χ2n) is 7.67. The maximum Gasteiger partial charge on any atom is 0.333 e. The molecule has 0 bridgehead atoms. The molecular formula is C27H29NO5. The van der Waals surface area contributed by atoms with Gasteiger partial charge in [-0.15, -0.1) is 0 Å². The fourth-order valence-corrected chi connectivity index (χ4v) is 3.42. The molecule has 0 saturated heterocycles. The van der Waals surface area contributed by atoms with E-state index in [1.54, 1.807) is 38.1 Å². The number of carbonyl (C=O) groups is 2. The van der Waals surface area contributed by atoms with Gasteiger partial charge in [0.2, 0.25) is 0 Å². The van der Waals surface area contributed by atoms with Gasteiger partial charge < -0.3 is 19.9 Å². The summed E-state index contributed by atoms with van der Waals surface area (Å²) >= 11 is 0. The van der Waals surface area contributed by atoms with Gasteiger partial charge in [-0.2, -0.15) is 0 Å². The highest BCUT2D eigenvalue weighted by Crippen LogP contribution is 2.20. The highest BCUT2D eigenvalue weighted by atomic mass is 16.5. The minimum absolute atomic E-state index is 0.216. The van der Waals surface area contributed by atoms with Crippen LogP contribution in [0, 0.1) is 0 Å². The van der Waals surface area contributed by atoms with Crippen molar-refractivity contribution >= 4 is 11.9 Å². The number of nitrogens with one attached hydrogen (secondary N) is 1. The average Bonchev–Trinajstić information content (AvgIpc) is 2.84. The Balaban J connectivity index is 1.52. The first-order valence-electron chi connectivity index (χ1n) is 11.0. The number of carboxylic acids is 1. The van der Waals surface area contributed by atoms with E-state index < -0.39 is 18.2 Å². The maximum atomic E-state index is 12.5. The zero-order valence-corrected chi connectivity index (χ0v) is 18.9. The second kappa shape index (κ2) is 11.8. The fourth-order valence-electron chi connectivity index (χ4n) is 3.42. The molecule has 1 unspecified atom stereocenters. The van der Waals surface area contributed by atoms with Crippen molar-refractivity contribution in [3.05, 3.63) is 90.0 Å². The summed E-state index contributed by atoms with van der Waals surface area (Å²) in [5, 5.41) is 12.1. The van der Waals surface area contributed by atoms with Crippen LogP contribution in [-0.2, 0) is 27.3 Å². The number of rotatable bonds is 11. The van der Waals surface area contributed by atoms with E-state index in [0.29, 0.717) is 18.9 Å². The number of amides is 1. The lowest BCUT2D eigenvalue weighted by Gasteiger charge is -2.16. The van der Waals surface area contributed by atoms with Crippen molar-refractivity contribution in [2.24, 2.45) is 0 Å². The van der Waals surface area contributed by atoms with Gasteiger partial charge in [0.15, 0.2) is 12.2 Å². The van der Waals surface area contributed by atoms with Crippen LogP contribution in [0.4, 0.5) is 0 Å². The molecule has 0 saturated carbocycles. The number of hydrogen-bond donors (Lipinski definition) is 2. The summed E-state index contributed by atoms with van der Waals surface area (Å²) in [5.74, 6) is -0.668. The Labute approximate surface area is 194 Å². The third kappa shape index (κ3) is 7.19. The molecule has 0 aromatic heterocycles. The molecule has 6 heteroatoms. The van der Waals surface area contributed by atoms with Crippen LogP contribution in [0.15, 0.2) is 78.9 Å². The van der Waals surface area contributed by atoms with E-state index in [-0.39, 0.29) is 12.3 Å². The number of ether oxygens (including phenoxy) is 2. The van der Waals surface area contributed by atoms with E-state index >= 15 is 0 Å². The first-order valence-corrected chi connectivity index (χ1v) is 11.0. The number of carboxylic acid groups (broad SMARTS) is 1. The molecule has 172 valence electrons. The van der Waals surface area contributed by atoms with Gasteiger partial charge in [0.05, 0.1) is 0 Å². The van der Waals surface area contributed by atoms with Crippen LogP contribution < -0.4 is 10.1 Å². The molecule has 3 rings (SSSR count). The van der Waals surface area contributed by atoms with Crippen molar-refractivity contribution < 1.29 is 24.2 Å². The lowest BCUT2D eigenvalue weighted by atomic mass is 10.0. The van der Waals surface area contributed by atoms with Crippen LogP contribution in [-0.4, -0.2) is 35.8 Å². The molecule has 2 atom stereocenters. The van der Waals surface area contributed by atoms with Gasteiger partial charge >= 0.3 is 5.97 Å². The van der Waals surface area contributed by atoms with Crippen LogP contribution in [0.5, 0.6) is 5.75 Å². The topological polar surface area (TPSA) is 84.9 Å². The van der Waals surface area contributed by atoms with Gasteiger partial charge in [0.25, 0.3) is 5.91 Å². The SMILES string of the molecule is CCOC(Cc1ccc(O[C@@H](C)C(=O)NCc2cccc(-c3ccccc3)c2)cc1)C(=O)O. The number of hydrogen-bond acceptors (Lipinski definition) is 4. The molecule has 33 heavy (non-hydrogen) atoms.